The molecule has 1 unspecified atom stereocenters. The second-order valence-electron chi connectivity index (χ2n) is 5.99. The molecule has 9 heteroatoms. The summed E-state index contributed by atoms with van der Waals surface area (Å²) in [6.45, 7) is 0. The minimum atomic E-state index is -0.994. The summed E-state index contributed by atoms with van der Waals surface area (Å²) in [5.74, 6) is -1.23. The molecule has 0 radical (unpaired) electrons. The summed E-state index contributed by atoms with van der Waals surface area (Å²) in [5.41, 5.74) is -0.576. The van der Waals surface area contributed by atoms with Crippen molar-refractivity contribution in [2.75, 3.05) is 17.7 Å². The largest absolute Gasteiger partial charge is 0.497 e. The maximum atomic E-state index is 12.7. The number of ether oxygens (including phenoxy) is 1. The molecule has 2 amide bonds. The van der Waals surface area contributed by atoms with Gasteiger partial charge in [0.1, 0.15) is 11.6 Å². The third-order valence-corrected chi connectivity index (χ3v) is 4.37. The van der Waals surface area contributed by atoms with E-state index in [9.17, 15) is 19.2 Å². The SMILES string of the molecule is COc1ccc(NC(=O)C2CC(=O)Nc3c2c(=O)n(C)c(=O)n3C)cc1. The molecule has 3 rings (SSSR count). The number of benzene rings is 1. The van der Waals surface area contributed by atoms with Crippen molar-refractivity contribution < 1.29 is 14.3 Å². The summed E-state index contributed by atoms with van der Waals surface area (Å²) >= 11 is 0. The van der Waals surface area contributed by atoms with Gasteiger partial charge in [-0.3, -0.25) is 23.5 Å². The Hall–Kier alpha value is -3.36. The van der Waals surface area contributed by atoms with Gasteiger partial charge in [0.05, 0.1) is 18.6 Å². The lowest BCUT2D eigenvalue weighted by molar-refractivity contribution is -0.123. The van der Waals surface area contributed by atoms with Crippen LogP contribution in [0.15, 0.2) is 33.9 Å². The number of aromatic nitrogens is 2. The summed E-state index contributed by atoms with van der Waals surface area (Å²) in [7, 11) is 4.30. The highest BCUT2D eigenvalue weighted by molar-refractivity contribution is 6.04. The molecule has 0 fully saturated rings. The molecular formula is C17H18N4O5. The molecule has 1 atom stereocenters. The molecule has 136 valence electrons. The standard InChI is InChI=1S/C17H18N4O5/c1-20-14-13(16(24)21(2)17(20)25)11(8-12(22)19-14)15(23)18-9-4-6-10(26-3)7-5-9/h4-7,11H,8H2,1-3H3,(H,18,23)(H,19,22). The molecule has 26 heavy (non-hydrogen) atoms. The summed E-state index contributed by atoms with van der Waals surface area (Å²) < 4.78 is 7.14. The number of rotatable bonds is 3. The van der Waals surface area contributed by atoms with Crippen LogP contribution in [0.4, 0.5) is 11.5 Å². The Kier molecular flexibility index (Phi) is 4.37. The molecule has 0 saturated heterocycles. The lowest BCUT2D eigenvalue weighted by Crippen LogP contribution is -2.45. The van der Waals surface area contributed by atoms with E-state index in [0.29, 0.717) is 11.4 Å². The molecule has 2 heterocycles. The van der Waals surface area contributed by atoms with Crippen molar-refractivity contribution in [2.24, 2.45) is 14.1 Å². The molecule has 0 bridgehead atoms. The smallest absolute Gasteiger partial charge is 0.332 e. The van der Waals surface area contributed by atoms with E-state index in [1.165, 1.54) is 21.2 Å². The Bertz CT molecular complexity index is 1000. The van der Waals surface area contributed by atoms with Crippen LogP contribution < -0.4 is 26.6 Å². The molecule has 1 aliphatic heterocycles. The van der Waals surface area contributed by atoms with E-state index < -0.39 is 29.0 Å². The van der Waals surface area contributed by atoms with Gasteiger partial charge in [-0.2, -0.15) is 0 Å². The van der Waals surface area contributed by atoms with E-state index in [1.807, 2.05) is 0 Å². The minimum Gasteiger partial charge on any atom is -0.497 e. The van der Waals surface area contributed by atoms with Gasteiger partial charge in [0.25, 0.3) is 5.56 Å². The number of methoxy groups -OCH3 is 1. The molecule has 0 saturated carbocycles. The van der Waals surface area contributed by atoms with E-state index in [4.69, 9.17) is 4.74 Å². The molecular weight excluding hydrogens is 340 g/mol. The topological polar surface area (TPSA) is 111 Å². The Labute approximate surface area is 148 Å². The van der Waals surface area contributed by atoms with E-state index in [0.717, 1.165) is 9.13 Å². The molecule has 1 aromatic carbocycles. The molecule has 1 aromatic heterocycles. The van der Waals surface area contributed by atoms with Crippen molar-refractivity contribution in [1.29, 1.82) is 0 Å². The van der Waals surface area contributed by atoms with Crippen LogP contribution in [0, 0.1) is 0 Å². The molecule has 0 spiro atoms. The predicted molar refractivity (Wildman–Crippen MR) is 94.5 cm³/mol. The number of hydrogen-bond donors (Lipinski definition) is 2. The number of amides is 2. The Morgan fingerprint density at radius 2 is 1.81 bits per heavy atom. The highest BCUT2D eigenvalue weighted by Gasteiger charge is 2.35. The van der Waals surface area contributed by atoms with Gasteiger partial charge in [0.15, 0.2) is 0 Å². The van der Waals surface area contributed by atoms with Crippen LogP contribution in [0.2, 0.25) is 0 Å². The van der Waals surface area contributed by atoms with Crippen molar-refractivity contribution in [3.8, 4) is 5.75 Å². The average molecular weight is 358 g/mol. The van der Waals surface area contributed by atoms with Gasteiger partial charge in [-0.1, -0.05) is 0 Å². The zero-order valence-electron chi connectivity index (χ0n) is 14.5. The fourth-order valence-electron chi connectivity index (χ4n) is 2.93. The maximum absolute atomic E-state index is 12.7. The Balaban J connectivity index is 2.01. The van der Waals surface area contributed by atoms with Crippen molar-refractivity contribution in [1.82, 2.24) is 9.13 Å². The number of hydrogen-bond acceptors (Lipinski definition) is 5. The fourth-order valence-corrected chi connectivity index (χ4v) is 2.93. The highest BCUT2D eigenvalue weighted by atomic mass is 16.5. The summed E-state index contributed by atoms with van der Waals surface area (Å²) in [6.07, 6.45) is -0.178. The van der Waals surface area contributed by atoms with Gasteiger partial charge in [-0.15, -0.1) is 0 Å². The minimum absolute atomic E-state index is 0.0595. The van der Waals surface area contributed by atoms with Crippen LogP contribution in [0.3, 0.4) is 0 Å². The first-order valence-corrected chi connectivity index (χ1v) is 7.88. The second kappa shape index (κ2) is 6.51. The van der Waals surface area contributed by atoms with Crippen LogP contribution in [0.5, 0.6) is 5.75 Å². The molecule has 0 aliphatic carbocycles. The van der Waals surface area contributed by atoms with Crippen LogP contribution in [0.1, 0.15) is 17.9 Å². The van der Waals surface area contributed by atoms with Gasteiger partial charge in [0.2, 0.25) is 11.8 Å². The predicted octanol–water partition coefficient (Wildman–Crippen LogP) is 0.157. The van der Waals surface area contributed by atoms with E-state index >= 15 is 0 Å². The van der Waals surface area contributed by atoms with Crippen molar-refractivity contribution in [2.45, 2.75) is 12.3 Å². The van der Waals surface area contributed by atoms with Gasteiger partial charge in [-0.05, 0) is 24.3 Å². The Morgan fingerprint density at radius 3 is 2.42 bits per heavy atom. The Morgan fingerprint density at radius 1 is 1.15 bits per heavy atom. The van der Waals surface area contributed by atoms with E-state index in [2.05, 4.69) is 10.6 Å². The normalized spacial score (nSPS) is 15.8. The second-order valence-corrected chi connectivity index (χ2v) is 5.99. The third-order valence-electron chi connectivity index (χ3n) is 4.37. The zero-order valence-corrected chi connectivity index (χ0v) is 14.5. The van der Waals surface area contributed by atoms with Crippen molar-refractivity contribution in [3.05, 3.63) is 50.7 Å². The summed E-state index contributed by atoms with van der Waals surface area (Å²) in [5, 5.41) is 5.21. The number of anilines is 2. The van der Waals surface area contributed by atoms with Gasteiger partial charge in [-0.25, -0.2) is 4.79 Å². The molecule has 2 N–H and O–H groups in total. The number of carbonyl (C=O) groups is 2. The first-order chi connectivity index (χ1) is 12.3. The first-order valence-electron chi connectivity index (χ1n) is 7.88. The van der Waals surface area contributed by atoms with Gasteiger partial charge in [0, 0.05) is 26.2 Å². The van der Waals surface area contributed by atoms with E-state index in [1.54, 1.807) is 24.3 Å². The highest BCUT2D eigenvalue weighted by Crippen LogP contribution is 2.29. The van der Waals surface area contributed by atoms with E-state index in [-0.39, 0.29) is 17.8 Å². The monoisotopic (exact) mass is 358 g/mol. The number of fused-ring (bicyclic) bond motifs is 1. The van der Waals surface area contributed by atoms with Crippen LogP contribution in [-0.4, -0.2) is 28.1 Å². The number of nitrogens with one attached hydrogen (secondary N) is 2. The lowest BCUT2D eigenvalue weighted by Gasteiger charge is -2.26. The van der Waals surface area contributed by atoms with Crippen molar-refractivity contribution >= 4 is 23.3 Å². The molecule has 2 aromatic rings. The van der Waals surface area contributed by atoms with Gasteiger partial charge < -0.3 is 15.4 Å². The van der Waals surface area contributed by atoms with Crippen LogP contribution in [0.25, 0.3) is 0 Å². The first kappa shape index (κ1) is 17.5. The summed E-state index contributed by atoms with van der Waals surface area (Å²) in [6, 6.07) is 6.67. The summed E-state index contributed by atoms with van der Waals surface area (Å²) in [4.78, 5) is 49.3. The van der Waals surface area contributed by atoms with Gasteiger partial charge >= 0.3 is 5.69 Å². The van der Waals surface area contributed by atoms with Crippen LogP contribution >= 0.6 is 0 Å². The molecule has 1 aliphatic rings. The maximum Gasteiger partial charge on any atom is 0.332 e. The molecule has 9 nitrogen and oxygen atoms in total. The fraction of sp³-hybridized carbons (Fsp3) is 0.294. The zero-order chi connectivity index (χ0) is 19.0. The number of nitrogens with zero attached hydrogens (tertiary/aromatic N) is 2. The van der Waals surface area contributed by atoms with Crippen LogP contribution in [-0.2, 0) is 23.7 Å². The van der Waals surface area contributed by atoms with Crippen molar-refractivity contribution in [3.63, 3.8) is 0 Å². The third kappa shape index (κ3) is 2.87. The number of carbonyl (C=O) groups excluding carboxylic acids is 2. The lowest BCUT2D eigenvalue weighted by atomic mass is 9.92. The average Bonchev–Trinajstić information content (AvgIpc) is 2.64. The quantitative estimate of drug-likeness (QED) is 0.812.